The molecule has 3 rings (SSSR count). The Kier molecular flexibility index (Phi) is 5.60. The van der Waals surface area contributed by atoms with Gasteiger partial charge in [-0.05, 0) is 36.1 Å². The molecule has 2 N–H and O–H groups in total. The third-order valence-corrected chi connectivity index (χ3v) is 5.67. The number of carbonyl (C=O) groups excluding carboxylic acids is 3. The number of carbonyl (C=O) groups is 4. The van der Waals surface area contributed by atoms with Gasteiger partial charge in [-0.2, -0.15) is 4.90 Å². The molecule has 0 aliphatic carbocycles. The summed E-state index contributed by atoms with van der Waals surface area (Å²) in [7, 11) is 0. The number of ether oxygens (including phenoxy) is 1. The lowest BCUT2D eigenvalue weighted by Gasteiger charge is -2.46. The molecule has 2 heterocycles. The van der Waals surface area contributed by atoms with Crippen LogP contribution < -0.4 is 9.64 Å². The normalized spacial score (nSPS) is 24.7. The van der Waals surface area contributed by atoms with Gasteiger partial charge in [0.15, 0.2) is 0 Å². The Morgan fingerprint density at radius 1 is 1.17 bits per heavy atom. The quantitative estimate of drug-likeness (QED) is 0.717. The van der Waals surface area contributed by atoms with E-state index in [4.69, 9.17) is 9.84 Å². The van der Waals surface area contributed by atoms with Crippen LogP contribution in [0.1, 0.15) is 40.0 Å². The van der Waals surface area contributed by atoms with Crippen molar-refractivity contribution in [3.63, 3.8) is 0 Å². The van der Waals surface area contributed by atoms with Gasteiger partial charge < -0.3 is 19.8 Å². The first kappa shape index (κ1) is 21.8. The summed E-state index contributed by atoms with van der Waals surface area (Å²) in [5.41, 5.74) is -1.31. The largest absolute Gasteiger partial charge is 0.491 e. The van der Waals surface area contributed by atoms with E-state index in [1.54, 1.807) is 29.2 Å². The van der Waals surface area contributed by atoms with E-state index in [-0.39, 0.29) is 43.3 Å². The molecule has 2 atom stereocenters. The number of anilines is 1. The zero-order valence-corrected chi connectivity index (χ0v) is 17.3. The number of imide groups is 3. The van der Waals surface area contributed by atoms with Crippen LogP contribution >= 0.6 is 0 Å². The van der Waals surface area contributed by atoms with Gasteiger partial charge >= 0.3 is 6.09 Å². The van der Waals surface area contributed by atoms with Gasteiger partial charge in [-0.25, -0.2) is 4.79 Å². The lowest BCUT2D eigenvalue weighted by Crippen LogP contribution is -2.61. The van der Waals surface area contributed by atoms with Gasteiger partial charge in [-0.15, -0.1) is 0 Å². The van der Waals surface area contributed by atoms with E-state index in [9.17, 15) is 24.3 Å². The number of carboxylic acid groups (broad SMARTS) is 1. The van der Waals surface area contributed by atoms with Crippen molar-refractivity contribution < 1.29 is 34.1 Å². The fourth-order valence-corrected chi connectivity index (χ4v) is 4.71. The summed E-state index contributed by atoms with van der Waals surface area (Å²) in [6, 6.07) is 6.08. The van der Waals surface area contributed by atoms with E-state index in [0.717, 1.165) is 0 Å². The van der Waals surface area contributed by atoms with Crippen molar-refractivity contribution in [3.05, 3.63) is 24.3 Å². The molecule has 9 nitrogen and oxygen atoms in total. The molecule has 162 valence electrons. The van der Waals surface area contributed by atoms with Crippen molar-refractivity contribution in [2.24, 2.45) is 10.8 Å². The van der Waals surface area contributed by atoms with Gasteiger partial charge in [0.2, 0.25) is 17.7 Å². The number of nitrogens with zero attached hydrogens (tertiary/aromatic N) is 2. The highest BCUT2D eigenvalue weighted by Gasteiger charge is 2.64. The van der Waals surface area contributed by atoms with Gasteiger partial charge in [0.1, 0.15) is 12.4 Å². The van der Waals surface area contributed by atoms with Gasteiger partial charge in [0.25, 0.3) is 0 Å². The van der Waals surface area contributed by atoms with Gasteiger partial charge in [-0.3, -0.25) is 14.4 Å². The summed E-state index contributed by atoms with van der Waals surface area (Å²) in [6.45, 7) is 5.68. The van der Waals surface area contributed by atoms with Crippen LogP contribution in [0.3, 0.4) is 0 Å². The number of aliphatic hydroxyl groups excluding tert-OH is 1. The first-order chi connectivity index (χ1) is 14.0. The number of benzene rings is 1. The van der Waals surface area contributed by atoms with E-state index in [1.807, 2.05) is 20.8 Å². The maximum absolute atomic E-state index is 13.3. The number of piperidine rings is 1. The van der Waals surface area contributed by atoms with Gasteiger partial charge in [0, 0.05) is 18.5 Å². The van der Waals surface area contributed by atoms with E-state index >= 15 is 0 Å². The number of likely N-dealkylation sites (tertiary alicyclic amines) is 1. The van der Waals surface area contributed by atoms with E-state index in [2.05, 4.69) is 0 Å². The molecule has 0 bridgehead atoms. The summed E-state index contributed by atoms with van der Waals surface area (Å²) in [4.78, 5) is 51.9. The first-order valence-electron chi connectivity index (χ1n) is 9.79. The molecule has 2 unspecified atom stereocenters. The van der Waals surface area contributed by atoms with E-state index < -0.39 is 34.8 Å². The monoisotopic (exact) mass is 418 g/mol. The zero-order chi connectivity index (χ0) is 22.3. The molecule has 2 saturated heterocycles. The average Bonchev–Trinajstić information content (AvgIpc) is 2.97. The van der Waals surface area contributed by atoms with Crippen LogP contribution in [0.25, 0.3) is 0 Å². The van der Waals surface area contributed by atoms with Crippen LogP contribution in [0.5, 0.6) is 5.75 Å². The van der Waals surface area contributed by atoms with Crippen LogP contribution in [0.4, 0.5) is 10.5 Å². The van der Waals surface area contributed by atoms with Crippen molar-refractivity contribution in [3.8, 4) is 5.75 Å². The number of hydrogen-bond donors (Lipinski definition) is 2. The minimum Gasteiger partial charge on any atom is -0.491 e. The third-order valence-electron chi connectivity index (χ3n) is 5.67. The first-order valence-corrected chi connectivity index (χ1v) is 9.79. The van der Waals surface area contributed by atoms with Crippen LogP contribution in [0, 0.1) is 10.8 Å². The molecular weight excluding hydrogens is 392 g/mol. The van der Waals surface area contributed by atoms with Crippen LogP contribution in [-0.2, 0) is 14.4 Å². The summed E-state index contributed by atoms with van der Waals surface area (Å²) in [5, 5.41) is 18.3. The van der Waals surface area contributed by atoms with Crippen molar-refractivity contribution in [2.75, 3.05) is 18.1 Å². The highest BCUT2D eigenvalue weighted by Crippen LogP contribution is 2.53. The fraction of sp³-hybridized carbons (Fsp3) is 0.524. The Morgan fingerprint density at radius 3 is 2.33 bits per heavy atom. The second-order valence-corrected chi connectivity index (χ2v) is 8.75. The van der Waals surface area contributed by atoms with Crippen LogP contribution in [0.15, 0.2) is 24.3 Å². The third kappa shape index (κ3) is 3.54. The molecule has 2 aliphatic rings. The molecule has 1 aromatic rings. The number of aliphatic hydroxyl groups is 1. The van der Waals surface area contributed by atoms with Crippen molar-refractivity contribution in [1.29, 1.82) is 0 Å². The topological polar surface area (TPSA) is 124 Å². The maximum atomic E-state index is 13.3. The molecule has 0 saturated carbocycles. The molecule has 0 radical (unpaired) electrons. The Morgan fingerprint density at radius 2 is 1.80 bits per heavy atom. The second kappa shape index (κ2) is 7.71. The number of hydrogen-bond acceptors (Lipinski definition) is 6. The average molecular weight is 418 g/mol. The minimum atomic E-state index is -1.62. The highest BCUT2D eigenvalue weighted by molar-refractivity contribution is 6.15. The summed E-state index contributed by atoms with van der Waals surface area (Å²) >= 11 is 0. The number of amides is 4. The fourth-order valence-electron chi connectivity index (χ4n) is 4.71. The van der Waals surface area contributed by atoms with Gasteiger partial charge in [-0.1, -0.05) is 20.8 Å². The second-order valence-electron chi connectivity index (χ2n) is 8.75. The summed E-state index contributed by atoms with van der Waals surface area (Å²) < 4.78 is 5.36. The predicted octanol–water partition coefficient (Wildman–Crippen LogP) is 2.02. The molecule has 1 spiro atoms. The Labute approximate surface area is 174 Å². The molecule has 30 heavy (non-hydrogen) atoms. The van der Waals surface area contributed by atoms with E-state index in [1.165, 1.54) is 0 Å². The minimum absolute atomic E-state index is 0.111. The molecule has 9 heteroatoms. The standard InChI is InChI=1S/C21H26N2O7/c1-20(2,3)17-21(9-8-15(25)23(18(21)27)19(28)29)12-16(26)22(17)13-4-6-14(7-5-13)30-11-10-24/h4-7,17,24H,8-12H2,1-3H3,(H,28,29). The molecular formula is C21H26N2O7. The Balaban J connectivity index is 2.04. The molecule has 2 aliphatic heterocycles. The lowest BCUT2D eigenvalue weighted by molar-refractivity contribution is -0.156. The molecule has 0 aromatic heterocycles. The smallest absolute Gasteiger partial charge is 0.421 e. The van der Waals surface area contributed by atoms with E-state index in [0.29, 0.717) is 11.4 Å². The van der Waals surface area contributed by atoms with Gasteiger partial charge in [0.05, 0.1) is 18.1 Å². The number of rotatable bonds is 4. The molecule has 1 aromatic carbocycles. The van der Waals surface area contributed by atoms with Crippen LogP contribution in [0.2, 0.25) is 0 Å². The SMILES string of the molecule is CC(C)(C)C1N(c2ccc(OCCO)cc2)C(=O)CC12CCC(=O)N(C(=O)O)C2=O. The Hall–Kier alpha value is -2.94. The lowest BCUT2D eigenvalue weighted by atomic mass is 9.64. The predicted molar refractivity (Wildman–Crippen MR) is 106 cm³/mol. The maximum Gasteiger partial charge on any atom is 0.421 e. The summed E-state index contributed by atoms with van der Waals surface area (Å²) in [5.74, 6) is -1.36. The molecule has 4 amide bonds. The Bertz CT molecular complexity index is 874. The highest BCUT2D eigenvalue weighted by atomic mass is 16.5. The van der Waals surface area contributed by atoms with Crippen LogP contribution in [-0.4, -0.2) is 58.2 Å². The van der Waals surface area contributed by atoms with Crippen molar-refractivity contribution >= 4 is 29.5 Å². The summed E-state index contributed by atoms with van der Waals surface area (Å²) in [6.07, 6.45) is -1.77. The molecule has 2 fully saturated rings. The zero-order valence-electron chi connectivity index (χ0n) is 17.3. The van der Waals surface area contributed by atoms with Crippen molar-refractivity contribution in [1.82, 2.24) is 4.90 Å². The van der Waals surface area contributed by atoms with Crippen molar-refractivity contribution in [2.45, 2.75) is 46.1 Å².